The van der Waals surface area contributed by atoms with Crippen LogP contribution in [-0.4, -0.2) is 37.2 Å². The predicted molar refractivity (Wildman–Crippen MR) is 90.7 cm³/mol. The number of aromatic nitrogens is 1. The first-order chi connectivity index (χ1) is 11.4. The molecule has 8 heteroatoms. The topological polar surface area (TPSA) is 55.6 Å². The Morgan fingerprint density at radius 2 is 2.21 bits per heavy atom. The van der Waals surface area contributed by atoms with Gasteiger partial charge in [0.1, 0.15) is 6.04 Å². The van der Waals surface area contributed by atoms with Crippen molar-refractivity contribution in [2.75, 3.05) is 7.11 Å². The summed E-state index contributed by atoms with van der Waals surface area (Å²) < 4.78 is 32.2. The zero-order valence-corrected chi connectivity index (χ0v) is 13.9. The third kappa shape index (κ3) is 4.12. The van der Waals surface area contributed by atoms with Gasteiger partial charge < -0.3 is 14.5 Å². The molecule has 1 aromatic heterocycles. The highest BCUT2D eigenvalue weighted by molar-refractivity contribution is 6.41. The number of nitrogens with zero attached hydrogens (tertiary/aromatic N) is 2. The lowest BCUT2D eigenvalue weighted by Crippen LogP contribution is -2.38. The molecule has 0 spiro atoms. The van der Waals surface area contributed by atoms with Crippen LogP contribution in [0.25, 0.3) is 5.70 Å². The SMILES string of the molecule is COC(=O)C(CC(C)C)N/C(=C1\C=CC=N1)c1cccn1B(F)F. The fraction of sp³-hybridized carbons (Fsp3) is 0.375. The number of allylic oxidation sites excluding steroid dienone is 2. The summed E-state index contributed by atoms with van der Waals surface area (Å²) in [6.07, 6.45) is 6.78. The van der Waals surface area contributed by atoms with E-state index in [4.69, 9.17) is 4.74 Å². The number of ether oxygens (including phenoxy) is 1. The molecule has 128 valence electrons. The number of carbonyl (C=O) groups excluding carboxylic acids is 1. The van der Waals surface area contributed by atoms with Crippen molar-refractivity contribution < 1.29 is 18.2 Å². The summed E-state index contributed by atoms with van der Waals surface area (Å²) >= 11 is 0. The Labute approximate surface area is 140 Å². The fourth-order valence-corrected chi connectivity index (χ4v) is 2.51. The molecule has 1 aliphatic heterocycles. The van der Waals surface area contributed by atoms with Crippen LogP contribution in [0.5, 0.6) is 0 Å². The summed E-state index contributed by atoms with van der Waals surface area (Å²) in [5, 5.41) is 3.06. The molecule has 1 unspecified atom stereocenters. The summed E-state index contributed by atoms with van der Waals surface area (Å²) in [6.45, 7) is 3.94. The van der Waals surface area contributed by atoms with Crippen LogP contribution in [0.3, 0.4) is 0 Å². The quantitative estimate of drug-likeness (QED) is 0.616. The minimum atomic E-state index is -2.69. The van der Waals surface area contributed by atoms with Crippen LogP contribution in [0.2, 0.25) is 0 Å². The van der Waals surface area contributed by atoms with E-state index >= 15 is 0 Å². The van der Waals surface area contributed by atoms with Crippen LogP contribution in [0.15, 0.2) is 41.2 Å². The molecule has 0 saturated heterocycles. The van der Waals surface area contributed by atoms with Crippen molar-refractivity contribution in [1.29, 1.82) is 0 Å². The van der Waals surface area contributed by atoms with Gasteiger partial charge in [-0.3, -0.25) is 13.6 Å². The molecular formula is C16H20BF2N3O2. The number of aliphatic imine (C=N–C) groups is 1. The first-order valence-corrected chi connectivity index (χ1v) is 7.68. The van der Waals surface area contributed by atoms with E-state index in [1.807, 2.05) is 13.8 Å². The number of esters is 1. The average Bonchev–Trinajstić information content (AvgIpc) is 3.21. The molecule has 1 atom stereocenters. The van der Waals surface area contributed by atoms with E-state index in [0.717, 1.165) is 4.48 Å². The van der Waals surface area contributed by atoms with Crippen LogP contribution in [0.1, 0.15) is 26.0 Å². The molecular weight excluding hydrogens is 315 g/mol. The minimum absolute atomic E-state index is 0.220. The summed E-state index contributed by atoms with van der Waals surface area (Å²) in [4.78, 5) is 16.2. The lowest BCUT2D eigenvalue weighted by Gasteiger charge is -2.22. The van der Waals surface area contributed by atoms with E-state index in [1.54, 1.807) is 24.4 Å². The zero-order chi connectivity index (χ0) is 17.7. The first-order valence-electron chi connectivity index (χ1n) is 7.68. The minimum Gasteiger partial charge on any atom is -0.467 e. The molecule has 0 saturated carbocycles. The Kier molecular flexibility index (Phi) is 5.95. The summed E-state index contributed by atoms with van der Waals surface area (Å²) in [7, 11) is -1.39. The highest BCUT2D eigenvalue weighted by atomic mass is 19.2. The van der Waals surface area contributed by atoms with Gasteiger partial charge >= 0.3 is 13.4 Å². The second kappa shape index (κ2) is 7.94. The first kappa shape index (κ1) is 18.0. The lowest BCUT2D eigenvalue weighted by molar-refractivity contribution is -0.143. The molecule has 0 radical (unpaired) electrons. The molecule has 0 aliphatic carbocycles. The van der Waals surface area contributed by atoms with Crippen LogP contribution in [0, 0.1) is 5.92 Å². The number of carbonyl (C=O) groups is 1. The Bertz CT molecular complexity index is 667. The number of halogens is 2. The van der Waals surface area contributed by atoms with Gasteiger partial charge in [-0.25, -0.2) is 4.79 Å². The summed E-state index contributed by atoms with van der Waals surface area (Å²) in [5.74, 6) is -0.222. The van der Waals surface area contributed by atoms with E-state index in [1.165, 1.54) is 19.4 Å². The van der Waals surface area contributed by atoms with Crippen LogP contribution in [-0.2, 0) is 9.53 Å². The maximum absolute atomic E-state index is 13.2. The van der Waals surface area contributed by atoms with Crippen molar-refractivity contribution in [3.8, 4) is 0 Å². The molecule has 5 nitrogen and oxygen atoms in total. The van der Waals surface area contributed by atoms with E-state index < -0.39 is 19.4 Å². The molecule has 24 heavy (non-hydrogen) atoms. The average molecular weight is 335 g/mol. The molecule has 2 heterocycles. The fourth-order valence-electron chi connectivity index (χ4n) is 2.51. The van der Waals surface area contributed by atoms with Gasteiger partial charge in [0.25, 0.3) is 0 Å². The van der Waals surface area contributed by atoms with Crippen LogP contribution in [0.4, 0.5) is 8.63 Å². The molecule has 0 aromatic carbocycles. The smallest absolute Gasteiger partial charge is 0.467 e. The van der Waals surface area contributed by atoms with E-state index in [0.29, 0.717) is 17.8 Å². The van der Waals surface area contributed by atoms with Crippen molar-refractivity contribution in [1.82, 2.24) is 9.79 Å². The zero-order valence-electron chi connectivity index (χ0n) is 13.9. The van der Waals surface area contributed by atoms with Crippen molar-refractivity contribution in [3.05, 3.63) is 41.9 Å². The predicted octanol–water partition coefficient (Wildman–Crippen LogP) is 2.75. The van der Waals surface area contributed by atoms with Crippen molar-refractivity contribution in [3.63, 3.8) is 0 Å². The Hall–Kier alpha value is -2.38. The van der Waals surface area contributed by atoms with Crippen molar-refractivity contribution in [2.45, 2.75) is 26.3 Å². The van der Waals surface area contributed by atoms with Crippen LogP contribution < -0.4 is 5.32 Å². The normalized spacial score (nSPS) is 16.4. The van der Waals surface area contributed by atoms with Crippen molar-refractivity contribution >= 4 is 25.3 Å². The highest BCUT2D eigenvalue weighted by Gasteiger charge is 2.27. The highest BCUT2D eigenvalue weighted by Crippen LogP contribution is 2.23. The molecule has 1 aromatic rings. The number of hydrogen-bond donors (Lipinski definition) is 1. The van der Waals surface area contributed by atoms with Gasteiger partial charge in [-0.05, 0) is 42.8 Å². The molecule has 0 amide bonds. The lowest BCUT2D eigenvalue weighted by atomic mass is 10.0. The van der Waals surface area contributed by atoms with Gasteiger partial charge in [0.05, 0.1) is 24.2 Å². The monoisotopic (exact) mass is 335 g/mol. The Morgan fingerprint density at radius 3 is 2.75 bits per heavy atom. The van der Waals surface area contributed by atoms with E-state index in [9.17, 15) is 13.4 Å². The maximum Gasteiger partial charge on any atom is 0.677 e. The van der Waals surface area contributed by atoms with Gasteiger partial charge in [-0.2, -0.15) is 0 Å². The Morgan fingerprint density at radius 1 is 1.46 bits per heavy atom. The largest absolute Gasteiger partial charge is 0.677 e. The van der Waals surface area contributed by atoms with Gasteiger partial charge in [-0.1, -0.05) is 13.8 Å². The van der Waals surface area contributed by atoms with Gasteiger partial charge in [-0.15, -0.1) is 0 Å². The molecule has 1 N–H and O–H groups in total. The van der Waals surface area contributed by atoms with Crippen molar-refractivity contribution in [2.24, 2.45) is 10.9 Å². The van der Waals surface area contributed by atoms with Gasteiger partial charge in [0.15, 0.2) is 0 Å². The van der Waals surface area contributed by atoms with Crippen LogP contribution >= 0.6 is 0 Å². The number of hydrogen-bond acceptors (Lipinski definition) is 4. The standard InChI is InChI=1S/C16H20BF2N3O2/c1-11(2)10-13(16(23)24-3)21-15(12-6-4-8-20-12)14-7-5-9-22(14)17(18)19/h4-9,11,13,21H,10H2,1-3H3/b15-12+. The van der Waals surface area contributed by atoms with Gasteiger partial charge in [0, 0.05) is 6.21 Å². The number of rotatable bonds is 7. The molecule has 2 rings (SSSR count). The molecule has 1 aliphatic rings. The van der Waals surface area contributed by atoms with Gasteiger partial charge in [0.2, 0.25) is 0 Å². The third-order valence-corrected chi connectivity index (χ3v) is 3.57. The number of nitrogens with one attached hydrogen (secondary N) is 1. The van der Waals surface area contributed by atoms with E-state index in [-0.39, 0.29) is 11.6 Å². The summed E-state index contributed by atoms with van der Waals surface area (Å²) in [5.41, 5.74) is 1.14. The molecule has 0 fully saturated rings. The second-order valence-corrected chi connectivity index (χ2v) is 5.83. The summed E-state index contributed by atoms with van der Waals surface area (Å²) in [6, 6.07) is 2.44. The molecule has 0 bridgehead atoms. The second-order valence-electron chi connectivity index (χ2n) is 5.83. The third-order valence-electron chi connectivity index (χ3n) is 3.57. The number of methoxy groups -OCH3 is 1. The van der Waals surface area contributed by atoms with E-state index in [2.05, 4.69) is 10.3 Å². The Balaban J connectivity index is 2.43. The maximum atomic E-state index is 13.2.